The first kappa shape index (κ1) is 19.9. The Morgan fingerprint density at radius 3 is 2.21 bits per heavy atom. The zero-order chi connectivity index (χ0) is 14.7. The van der Waals surface area contributed by atoms with E-state index in [0.717, 1.165) is 12.8 Å². The molecular formula is C13H23Br3O2Si. The van der Waals surface area contributed by atoms with E-state index in [4.69, 9.17) is 4.74 Å². The van der Waals surface area contributed by atoms with E-state index in [0.29, 0.717) is 0 Å². The molecule has 0 aromatic carbocycles. The van der Waals surface area contributed by atoms with Gasteiger partial charge in [0.15, 0.2) is 0 Å². The predicted molar refractivity (Wildman–Crippen MR) is 95.4 cm³/mol. The van der Waals surface area contributed by atoms with E-state index in [9.17, 15) is 4.79 Å². The first-order valence-corrected chi connectivity index (χ1v) is 15.7. The van der Waals surface area contributed by atoms with Crippen LogP contribution in [0.1, 0.15) is 51.9 Å². The van der Waals surface area contributed by atoms with Gasteiger partial charge in [-0.25, -0.2) is 4.79 Å². The molecule has 1 atom stereocenters. The predicted octanol–water partition coefficient (Wildman–Crippen LogP) is 5.96. The summed E-state index contributed by atoms with van der Waals surface area (Å²) in [5.41, 5.74) is 0. The smallest absolute Gasteiger partial charge is 0.330 e. The van der Waals surface area contributed by atoms with Crippen LogP contribution in [0.15, 0.2) is 12.7 Å². The number of hydrogen-bond donors (Lipinski definition) is 0. The fraction of sp³-hybridized carbons (Fsp3) is 0.769. The Labute approximate surface area is 141 Å². The summed E-state index contributed by atoms with van der Waals surface area (Å²) < 4.78 is 3.73. The van der Waals surface area contributed by atoms with Crippen molar-refractivity contribution in [2.24, 2.45) is 0 Å². The number of ether oxygens (including phenoxy) is 1. The molecule has 1 unspecified atom stereocenters. The van der Waals surface area contributed by atoms with Gasteiger partial charge in [0.05, 0.1) is 6.10 Å². The van der Waals surface area contributed by atoms with Crippen molar-refractivity contribution >= 4 is 55.8 Å². The molecule has 0 radical (unpaired) electrons. The Morgan fingerprint density at radius 1 is 1.16 bits per heavy atom. The SMILES string of the molecule is C=CC(=O)OC(C)CCCCCCCC[Si](Br)(Br)Br. The fourth-order valence-electron chi connectivity index (χ4n) is 1.77. The van der Waals surface area contributed by atoms with Gasteiger partial charge in [0.1, 0.15) is 0 Å². The summed E-state index contributed by atoms with van der Waals surface area (Å²) in [6.45, 7) is 5.33. The molecule has 0 aliphatic heterocycles. The highest BCUT2D eigenvalue weighted by Crippen LogP contribution is 2.33. The molecule has 0 aliphatic carbocycles. The van der Waals surface area contributed by atoms with Crippen molar-refractivity contribution in [3.05, 3.63) is 12.7 Å². The Hall–Kier alpha value is 0.867. The molecule has 0 aromatic rings. The summed E-state index contributed by atoms with van der Waals surface area (Å²) in [7, 11) is 0. The highest BCUT2D eigenvalue weighted by molar-refractivity contribution is 9.72. The summed E-state index contributed by atoms with van der Waals surface area (Å²) in [4.78, 5) is 11.0. The largest absolute Gasteiger partial charge is 0.460 e. The molecular weight excluding hydrogens is 456 g/mol. The molecule has 0 heterocycles. The lowest BCUT2D eigenvalue weighted by atomic mass is 10.1. The van der Waals surface area contributed by atoms with E-state index in [2.05, 4.69) is 52.5 Å². The van der Waals surface area contributed by atoms with E-state index in [1.165, 1.54) is 44.2 Å². The van der Waals surface area contributed by atoms with Crippen molar-refractivity contribution < 1.29 is 9.53 Å². The Balaban J connectivity index is 3.31. The number of carbonyl (C=O) groups is 1. The minimum Gasteiger partial charge on any atom is -0.460 e. The van der Waals surface area contributed by atoms with Crippen LogP contribution < -0.4 is 0 Å². The molecule has 0 aliphatic rings. The van der Waals surface area contributed by atoms with Crippen molar-refractivity contribution in [3.8, 4) is 0 Å². The second-order valence-electron chi connectivity index (χ2n) is 4.73. The van der Waals surface area contributed by atoms with Crippen LogP contribution in [0.5, 0.6) is 0 Å². The van der Waals surface area contributed by atoms with Gasteiger partial charge in [-0.3, -0.25) is 0 Å². The van der Waals surface area contributed by atoms with Crippen LogP contribution in [-0.2, 0) is 9.53 Å². The van der Waals surface area contributed by atoms with Crippen molar-refractivity contribution in [3.63, 3.8) is 0 Å². The third-order valence-electron chi connectivity index (χ3n) is 2.80. The van der Waals surface area contributed by atoms with Gasteiger partial charge in [0.25, 0.3) is 3.93 Å². The zero-order valence-corrected chi connectivity index (χ0v) is 17.2. The first-order chi connectivity index (χ1) is 8.85. The second kappa shape index (κ2) is 11.5. The highest BCUT2D eigenvalue weighted by atomic mass is 80.0. The monoisotopic (exact) mass is 476 g/mol. The lowest BCUT2D eigenvalue weighted by Gasteiger charge is -2.11. The van der Waals surface area contributed by atoms with E-state index >= 15 is 0 Å². The van der Waals surface area contributed by atoms with Gasteiger partial charge in [-0.1, -0.05) is 84.6 Å². The number of rotatable bonds is 11. The van der Waals surface area contributed by atoms with E-state index < -0.39 is 3.93 Å². The maximum atomic E-state index is 11.0. The highest BCUT2D eigenvalue weighted by Gasteiger charge is 2.20. The Bertz CT molecular complexity index is 267. The van der Waals surface area contributed by atoms with Gasteiger partial charge in [0, 0.05) is 6.08 Å². The average Bonchev–Trinajstić information content (AvgIpc) is 2.31. The molecule has 0 saturated carbocycles. The molecule has 2 nitrogen and oxygen atoms in total. The standard InChI is InChI=1S/C13H23Br3O2Si/c1-3-13(17)18-12(2)10-8-6-4-5-7-9-11-19(14,15)16/h3,12H,1,4-11H2,2H3. The lowest BCUT2D eigenvalue weighted by Crippen LogP contribution is -2.12. The third kappa shape index (κ3) is 15.1. The third-order valence-corrected chi connectivity index (χ3v) is 7.29. The topological polar surface area (TPSA) is 26.3 Å². The van der Waals surface area contributed by atoms with Crippen LogP contribution in [0.2, 0.25) is 6.04 Å². The van der Waals surface area contributed by atoms with Crippen molar-refractivity contribution in [2.75, 3.05) is 0 Å². The summed E-state index contributed by atoms with van der Waals surface area (Å²) in [5, 5.41) is 0. The number of carbonyl (C=O) groups excluding carboxylic acids is 1. The minimum atomic E-state index is -1.39. The fourth-order valence-corrected chi connectivity index (χ4v) is 4.94. The minimum absolute atomic E-state index is 0.00677. The molecule has 0 aromatic heterocycles. The zero-order valence-electron chi connectivity index (χ0n) is 11.5. The van der Waals surface area contributed by atoms with Crippen LogP contribution in [0.25, 0.3) is 0 Å². The molecule has 6 heteroatoms. The van der Waals surface area contributed by atoms with Crippen LogP contribution >= 0.6 is 45.9 Å². The Morgan fingerprint density at radius 2 is 1.68 bits per heavy atom. The maximum absolute atomic E-state index is 11.0. The molecule has 0 saturated heterocycles. The van der Waals surface area contributed by atoms with E-state index in [-0.39, 0.29) is 12.1 Å². The first-order valence-electron chi connectivity index (χ1n) is 6.75. The molecule has 112 valence electrons. The number of halogens is 3. The summed E-state index contributed by atoms with van der Waals surface area (Å²) in [6, 6.07) is 1.21. The summed E-state index contributed by atoms with van der Waals surface area (Å²) in [5.74, 6) is -0.320. The van der Waals surface area contributed by atoms with Gasteiger partial charge < -0.3 is 4.74 Å². The van der Waals surface area contributed by atoms with Gasteiger partial charge in [-0.05, 0) is 25.8 Å². The van der Waals surface area contributed by atoms with Crippen molar-refractivity contribution in [1.29, 1.82) is 0 Å². The maximum Gasteiger partial charge on any atom is 0.330 e. The quantitative estimate of drug-likeness (QED) is 0.120. The molecule has 0 spiro atoms. The Kier molecular flexibility index (Phi) is 12.0. The number of esters is 1. The van der Waals surface area contributed by atoms with Crippen molar-refractivity contribution in [2.45, 2.75) is 64.0 Å². The van der Waals surface area contributed by atoms with Crippen molar-refractivity contribution in [1.82, 2.24) is 0 Å². The molecule has 0 bridgehead atoms. The van der Waals surface area contributed by atoms with Gasteiger partial charge >= 0.3 is 5.97 Å². The van der Waals surface area contributed by atoms with Gasteiger partial charge in [0.2, 0.25) is 0 Å². The van der Waals surface area contributed by atoms with E-state index in [1.807, 2.05) is 6.92 Å². The number of hydrogen-bond acceptors (Lipinski definition) is 2. The van der Waals surface area contributed by atoms with E-state index in [1.54, 1.807) is 0 Å². The van der Waals surface area contributed by atoms with Gasteiger partial charge in [-0.15, -0.1) is 0 Å². The summed E-state index contributed by atoms with van der Waals surface area (Å²) >= 11 is 10.9. The van der Waals surface area contributed by atoms with Crippen LogP contribution in [0, 0.1) is 0 Å². The molecule has 0 fully saturated rings. The molecule has 0 N–H and O–H groups in total. The van der Waals surface area contributed by atoms with Crippen LogP contribution in [0.4, 0.5) is 0 Å². The molecule has 0 amide bonds. The molecule has 0 rings (SSSR count). The van der Waals surface area contributed by atoms with Crippen LogP contribution in [-0.4, -0.2) is 16.0 Å². The second-order valence-corrected chi connectivity index (χ2v) is 28.2. The average molecular weight is 479 g/mol. The summed E-state index contributed by atoms with van der Waals surface area (Å²) in [6.07, 6.45) is 9.63. The normalized spacial score (nSPS) is 13.1. The number of unbranched alkanes of at least 4 members (excludes halogenated alkanes) is 5. The molecule has 19 heavy (non-hydrogen) atoms. The lowest BCUT2D eigenvalue weighted by molar-refractivity contribution is -0.142. The van der Waals surface area contributed by atoms with Crippen LogP contribution in [0.3, 0.4) is 0 Å². The van der Waals surface area contributed by atoms with Gasteiger partial charge in [-0.2, -0.15) is 0 Å².